The number of benzene rings is 1. The topological polar surface area (TPSA) is 98.2 Å². The Morgan fingerprint density at radius 2 is 1.68 bits per heavy atom. The predicted octanol–water partition coefficient (Wildman–Crippen LogP) is 2.06. The number of carboxylic acid groups (broad SMARTS) is 2. The molecule has 1 atom stereocenters. The van der Waals surface area contributed by atoms with Gasteiger partial charge in [-0.25, -0.2) is 9.59 Å². The van der Waals surface area contributed by atoms with Gasteiger partial charge in [0.2, 0.25) is 5.91 Å². The summed E-state index contributed by atoms with van der Waals surface area (Å²) in [5, 5.41) is 18.6. The van der Waals surface area contributed by atoms with Crippen molar-refractivity contribution in [3.8, 4) is 0 Å². The van der Waals surface area contributed by atoms with Crippen LogP contribution in [0.1, 0.15) is 48.0 Å². The molecule has 3 aliphatic rings. The number of carbonyl (C=O) groups excluding carboxylic acids is 1. The van der Waals surface area contributed by atoms with E-state index >= 15 is 0 Å². The highest BCUT2D eigenvalue weighted by atomic mass is 16.4. The van der Waals surface area contributed by atoms with Crippen molar-refractivity contribution in [1.29, 1.82) is 0 Å². The summed E-state index contributed by atoms with van der Waals surface area (Å²) < 4.78 is 0. The number of carbonyl (C=O) groups is 3. The van der Waals surface area contributed by atoms with Crippen molar-refractivity contribution in [3.63, 3.8) is 0 Å². The second-order valence-electron chi connectivity index (χ2n) is 8.58. The van der Waals surface area contributed by atoms with Gasteiger partial charge in [-0.2, -0.15) is 0 Å². The Kier molecular flexibility index (Phi) is 4.87. The van der Waals surface area contributed by atoms with Crippen LogP contribution in [0, 0.1) is 11.3 Å². The predicted molar refractivity (Wildman–Crippen MR) is 101 cm³/mol. The fourth-order valence-electron chi connectivity index (χ4n) is 4.63. The molecular formula is C21H26N2O5. The van der Waals surface area contributed by atoms with E-state index in [0.29, 0.717) is 13.0 Å². The minimum atomic E-state index is -0.925. The molecule has 150 valence electrons. The van der Waals surface area contributed by atoms with Crippen LogP contribution in [0.3, 0.4) is 0 Å². The lowest BCUT2D eigenvalue weighted by Crippen LogP contribution is -2.43. The number of hydrogen-bond donors (Lipinski definition) is 2. The molecule has 0 unspecified atom stereocenters. The second kappa shape index (κ2) is 7.20. The molecule has 1 spiro atoms. The molecule has 0 bridgehead atoms. The van der Waals surface area contributed by atoms with Gasteiger partial charge in [-0.15, -0.1) is 0 Å². The van der Waals surface area contributed by atoms with Crippen molar-refractivity contribution < 1.29 is 24.6 Å². The normalized spacial score (nSPS) is 24.4. The number of amides is 1. The first-order valence-electron chi connectivity index (χ1n) is 9.95. The molecule has 4 rings (SSSR count). The van der Waals surface area contributed by atoms with Crippen molar-refractivity contribution >= 4 is 17.8 Å². The third-order valence-electron chi connectivity index (χ3n) is 6.53. The minimum Gasteiger partial charge on any atom is -0.480 e. The summed E-state index contributed by atoms with van der Waals surface area (Å²) in [6, 6.07) is 6.26. The first kappa shape index (κ1) is 18.9. The number of piperidine rings is 1. The maximum Gasteiger partial charge on any atom is 0.335 e. The van der Waals surface area contributed by atoms with E-state index in [9.17, 15) is 19.5 Å². The lowest BCUT2D eigenvalue weighted by Gasteiger charge is -2.39. The molecule has 2 saturated heterocycles. The molecule has 3 fully saturated rings. The standard InChI is InChI=1S/C21H26N2O5/c24-18(15-5-6-15)23-13-21(11-17(23)20(27)28)7-9-22(10-8-21)12-14-1-3-16(4-2-14)19(25)26/h1-4,15,17H,5-13H2,(H,25,26)(H,27,28)/t17-/m0/s1. The van der Waals surface area contributed by atoms with Gasteiger partial charge in [0.1, 0.15) is 6.04 Å². The van der Waals surface area contributed by atoms with Crippen LogP contribution in [-0.2, 0) is 16.1 Å². The van der Waals surface area contributed by atoms with Crippen molar-refractivity contribution in [3.05, 3.63) is 35.4 Å². The number of carboxylic acids is 2. The van der Waals surface area contributed by atoms with Gasteiger partial charge in [0.15, 0.2) is 0 Å². The molecule has 1 saturated carbocycles. The highest BCUT2D eigenvalue weighted by molar-refractivity contribution is 5.88. The van der Waals surface area contributed by atoms with E-state index < -0.39 is 18.0 Å². The Morgan fingerprint density at radius 1 is 1.04 bits per heavy atom. The monoisotopic (exact) mass is 386 g/mol. The highest BCUT2D eigenvalue weighted by Crippen LogP contribution is 2.45. The van der Waals surface area contributed by atoms with Crippen LogP contribution in [0.25, 0.3) is 0 Å². The quantitative estimate of drug-likeness (QED) is 0.804. The molecule has 2 heterocycles. The molecule has 1 aromatic carbocycles. The first-order valence-corrected chi connectivity index (χ1v) is 9.95. The Labute approximate surface area is 163 Å². The zero-order chi connectivity index (χ0) is 19.9. The number of rotatable bonds is 5. The summed E-state index contributed by atoms with van der Waals surface area (Å²) in [5.41, 5.74) is 1.27. The van der Waals surface area contributed by atoms with Crippen molar-refractivity contribution in [2.45, 2.75) is 44.7 Å². The second-order valence-corrected chi connectivity index (χ2v) is 8.58. The van der Waals surface area contributed by atoms with Gasteiger partial charge in [0, 0.05) is 19.0 Å². The van der Waals surface area contributed by atoms with E-state index in [1.807, 2.05) is 12.1 Å². The average Bonchev–Trinajstić information content (AvgIpc) is 3.46. The highest BCUT2D eigenvalue weighted by Gasteiger charge is 2.51. The fraction of sp³-hybridized carbons (Fsp3) is 0.571. The van der Waals surface area contributed by atoms with Gasteiger partial charge in [-0.05, 0) is 68.3 Å². The largest absolute Gasteiger partial charge is 0.480 e. The summed E-state index contributed by atoms with van der Waals surface area (Å²) in [6.07, 6.45) is 4.12. The summed E-state index contributed by atoms with van der Waals surface area (Å²) in [6.45, 7) is 3.04. The maximum atomic E-state index is 12.5. The molecule has 1 aromatic rings. The van der Waals surface area contributed by atoms with Crippen LogP contribution >= 0.6 is 0 Å². The van der Waals surface area contributed by atoms with E-state index in [2.05, 4.69) is 4.90 Å². The summed E-state index contributed by atoms with van der Waals surface area (Å²) in [7, 11) is 0. The van der Waals surface area contributed by atoms with E-state index in [-0.39, 0.29) is 22.8 Å². The van der Waals surface area contributed by atoms with Crippen LogP contribution in [-0.4, -0.2) is 63.5 Å². The Bertz CT molecular complexity index is 778. The Balaban J connectivity index is 1.37. The molecule has 2 aliphatic heterocycles. The SMILES string of the molecule is O=C(O)c1ccc(CN2CCC3(CC2)C[C@@H](C(=O)O)N(C(=O)C2CC2)C3)cc1. The molecule has 0 aromatic heterocycles. The maximum absolute atomic E-state index is 12.5. The minimum absolute atomic E-state index is 0.0326. The van der Waals surface area contributed by atoms with Gasteiger partial charge in [-0.3, -0.25) is 9.69 Å². The van der Waals surface area contributed by atoms with Crippen molar-refractivity contribution in [2.24, 2.45) is 11.3 Å². The van der Waals surface area contributed by atoms with Gasteiger partial charge in [0.25, 0.3) is 0 Å². The summed E-state index contributed by atoms with van der Waals surface area (Å²) in [4.78, 5) is 39.2. The van der Waals surface area contributed by atoms with Gasteiger partial charge in [-0.1, -0.05) is 12.1 Å². The molecular weight excluding hydrogens is 360 g/mol. The molecule has 28 heavy (non-hydrogen) atoms. The van der Waals surface area contributed by atoms with Crippen LogP contribution < -0.4 is 0 Å². The van der Waals surface area contributed by atoms with Crippen molar-refractivity contribution in [2.75, 3.05) is 19.6 Å². The first-order chi connectivity index (χ1) is 13.4. The van der Waals surface area contributed by atoms with E-state index in [0.717, 1.165) is 50.9 Å². The Hall–Kier alpha value is -2.41. The van der Waals surface area contributed by atoms with Gasteiger partial charge < -0.3 is 15.1 Å². The van der Waals surface area contributed by atoms with E-state index in [4.69, 9.17) is 5.11 Å². The van der Waals surface area contributed by atoms with E-state index in [1.165, 1.54) is 0 Å². The molecule has 7 heteroatoms. The zero-order valence-electron chi connectivity index (χ0n) is 15.8. The fourth-order valence-corrected chi connectivity index (χ4v) is 4.63. The van der Waals surface area contributed by atoms with Gasteiger partial charge in [0.05, 0.1) is 5.56 Å². The molecule has 1 amide bonds. The third kappa shape index (κ3) is 3.76. The number of aliphatic carboxylic acids is 1. The van der Waals surface area contributed by atoms with Crippen LogP contribution in [0.15, 0.2) is 24.3 Å². The average molecular weight is 386 g/mol. The van der Waals surface area contributed by atoms with Crippen molar-refractivity contribution in [1.82, 2.24) is 9.80 Å². The molecule has 7 nitrogen and oxygen atoms in total. The van der Waals surface area contributed by atoms with Crippen LogP contribution in [0.2, 0.25) is 0 Å². The zero-order valence-corrected chi connectivity index (χ0v) is 15.8. The number of likely N-dealkylation sites (tertiary alicyclic amines) is 2. The van der Waals surface area contributed by atoms with Crippen LogP contribution in [0.4, 0.5) is 0 Å². The summed E-state index contributed by atoms with van der Waals surface area (Å²) >= 11 is 0. The third-order valence-corrected chi connectivity index (χ3v) is 6.53. The van der Waals surface area contributed by atoms with E-state index in [1.54, 1.807) is 17.0 Å². The Morgan fingerprint density at radius 3 is 2.21 bits per heavy atom. The number of hydrogen-bond acceptors (Lipinski definition) is 4. The smallest absolute Gasteiger partial charge is 0.335 e. The molecule has 1 aliphatic carbocycles. The lowest BCUT2D eigenvalue weighted by molar-refractivity contribution is -0.148. The van der Waals surface area contributed by atoms with Gasteiger partial charge >= 0.3 is 11.9 Å². The number of nitrogens with zero attached hydrogens (tertiary/aromatic N) is 2. The lowest BCUT2D eigenvalue weighted by atomic mass is 9.76. The summed E-state index contributed by atoms with van der Waals surface area (Å²) in [5.74, 6) is -1.73. The molecule has 2 N–H and O–H groups in total. The number of aromatic carboxylic acids is 1. The molecule has 0 radical (unpaired) electrons. The van der Waals surface area contributed by atoms with Crippen LogP contribution in [0.5, 0.6) is 0 Å².